The van der Waals surface area contributed by atoms with Crippen LogP contribution in [0.15, 0.2) is 12.4 Å². The highest BCUT2D eigenvalue weighted by Gasteiger charge is 2.00. The molecule has 4 N–H and O–H groups in total. The van der Waals surface area contributed by atoms with Crippen molar-refractivity contribution in [2.45, 2.75) is 33.2 Å². The first kappa shape index (κ1) is 13.7. The van der Waals surface area contributed by atoms with E-state index in [-0.39, 0.29) is 6.04 Å². The van der Waals surface area contributed by atoms with Crippen molar-refractivity contribution in [3.8, 4) is 0 Å². The molecule has 1 atom stereocenters. The lowest BCUT2D eigenvalue weighted by atomic mass is 10.2. The smallest absolute Gasteiger partial charge is 0.131 e. The van der Waals surface area contributed by atoms with Crippen LogP contribution in [0, 0.1) is 5.92 Å². The molecule has 0 bridgehead atoms. The van der Waals surface area contributed by atoms with Gasteiger partial charge in [0.1, 0.15) is 18.0 Å². The standard InChI is InChI=1S/C12H23N5/c1-9(2)7-15-12-6-11(16-8-17-12)14-5-4-10(3)13/h6,8-10H,4-5,7,13H2,1-3H3,(H2,14,15,16,17). The molecular weight excluding hydrogens is 214 g/mol. The Kier molecular flexibility index (Phi) is 5.69. The van der Waals surface area contributed by atoms with Gasteiger partial charge in [0.25, 0.3) is 0 Å². The van der Waals surface area contributed by atoms with Crippen molar-refractivity contribution in [2.75, 3.05) is 23.7 Å². The van der Waals surface area contributed by atoms with Gasteiger partial charge in [0.05, 0.1) is 0 Å². The minimum atomic E-state index is 0.211. The molecule has 1 heterocycles. The van der Waals surface area contributed by atoms with Crippen LogP contribution in [0.1, 0.15) is 27.2 Å². The molecule has 0 spiro atoms. The van der Waals surface area contributed by atoms with Crippen molar-refractivity contribution < 1.29 is 0 Å². The summed E-state index contributed by atoms with van der Waals surface area (Å²) in [6, 6.07) is 2.13. The molecule has 0 radical (unpaired) electrons. The van der Waals surface area contributed by atoms with Crippen molar-refractivity contribution in [3.05, 3.63) is 12.4 Å². The maximum absolute atomic E-state index is 5.68. The minimum absolute atomic E-state index is 0.211. The maximum Gasteiger partial charge on any atom is 0.131 e. The third-order valence-corrected chi connectivity index (χ3v) is 2.26. The van der Waals surface area contributed by atoms with E-state index in [1.165, 1.54) is 0 Å². The monoisotopic (exact) mass is 237 g/mol. The molecule has 0 saturated heterocycles. The van der Waals surface area contributed by atoms with Gasteiger partial charge in [-0.3, -0.25) is 0 Å². The van der Waals surface area contributed by atoms with E-state index in [2.05, 4.69) is 34.4 Å². The lowest BCUT2D eigenvalue weighted by Gasteiger charge is -2.10. The van der Waals surface area contributed by atoms with E-state index in [0.29, 0.717) is 5.92 Å². The largest absolute Gasteiger partial charge is 0.370 e. The molecule has 0 aromatic carbocycles. The molecular formula is C12H23N5. The van der Waals surface area contributed by atoms with Gasteiger partial charge in [-0.15, -0.1) is 0 Å². The van der Waals surface area contributed by atoms with E-state index in [1.807, 2.05) is 13.0 Å². The number of rotatable bonds is 7. The van der Waals surface area contributed by atoms with Crippen LogP contribution in [0.2, 0.25) is 0 Å². The number of nitrogens with zero attached hydrogens (tertiary/aromatic N) is 2. The second-order valence-corrected chi connectivity index (χ2v) is 4.76. The molecule has 1 aromatic heterocycles. The zero-order chi connectivity index (χ0) is 12.7. The molecule has 0 fully saturated rings. The molecule has 0 amide bonds. The third kappa shape index (κ3) is 6.06. The van der Waals surface area contributed by atoms with Gasteiger partial charge in [0.15, 0.2) is 0 Å². The average Bonchev–Trinajstić information content (AvgIpc) is 2.26. The maximum atomic E-state index is 5.68. The summed E-state index contributed by atoms with van der Waals surface area (Å²) in [5.41, 5.74) is 5.68. The lowest BCUT2D eigenvalue weighted by molar-refractivity contribution is 0.685. The fourth-order valence-corrected chi connectivity index (χ4v) is 1.29. The number of nitrogens with one attached hydrogen (secondary N) is 2. The quantitative estimate of drug-likeness (QED) is 0.673. The zero-order valence-electron chi connectivity index (χ0n) is 10.9. The summed E-state index contributed by atoms with van der Waals surface area (Å²) in [5.74, 6) is 2.29. The number of hydrogen-bond acceptors (Lipinski definition) is 5. The second-order valence-electron chi connectivity index (χ2n) is 4.76. The fraction of sp³-hybridized carbons (Fsp3) is 0.667. The van der Waals surface area contributed by atoms with Crippen LogP contribution in [0.25, 0.3) is 0 Å². The van der Waals surface area contributed by atoms with Gasteiger partial charge in [-0.1, -0.05) is 13.8 Å². The normalized spacial score (nSPS) is 12.5. The first-order valence-corrected chi connectivity index (χ1v) is 6.13. The summed E-state index contributed by atoms with van der Waals surface area (Å²) >= 11 is 0. The second kappa shape index (κ2) is 7.06. The van der Waals surface area contributed by atoms with Crippen LogP contribution in [0.4, 0.5) is 11.6 Å². The van der Waals surface area contributed by atoms with E-state index in [9.17, 15) is 0 Å². The summed E-state index contributed by atoms with van der Waals surface area (Å²) in [7, 11) is 0. The van der Waals surface area contributed by atoms with Crippen molar-refractivity contribution in [3.63, 3.8) is 0 Å². The Morgan fingerprint density at radius 2 is 1.82 bits per heavy atom. The number of hydrogen-bond donors (Lipinski definition) is 3. The molecule has 0 aliphatic carbocycles. The number of nitrogens with two attached hydrogens (primary N) is 1. The Morgan fingerprint density at radius 1 is 1.18 bits per heavy atom. The Labute approximate surface area is 103 Å². The molecule has 5 heteroatoms. The molecule has 0 aliphatic rings. The Hall–Kier alpha value is -1.36. The van der Waals surface area contributed by atoms with E-state index < -0.39 is 0 Å². The topological polar surface area (TPSA) is 75.9 Å². The molecule has 17 heavy (non-hydrogen) atoms. The first-order chi connectivity index (χ1) is 8.08. The average molecular weight is 237 g/mol. The summed E-state index contributed by atoms with van der Waals surface area (Å²) in [6.45, 7) is 8.07. The summed E-state index contributed by atoms with van der Waals surface area (Å²) < 4.78 is 0. The van der Waals surface area contributed by atoms with Crippen LogP contribution < -0.4 is 16.4 Å². The molecule has 1 unspecified atom stereocenters. The fourth-order valence-electron chi connectivity index (χ4n) is 1.29. The van der Waals surface area contributed by atoms with Gasteiger partial charge in [-0.05, 0) is 19.3 Å². The highest BCUT2D eigenvalue weighted by atomic mass is 15.1. The minimum Gasteiger partial charge on any atom is -0.370 e. The van der Waals surface area contributed by atoms with Gasteiger partial charge in [-0.2, -0.15) is 0 Å². The predicted octanol–water partition coefficient (Wildman–Crippen LogP) is 1.69. The Bertz CT molecular complexity index is 324. The number of anilines is 2. The summed E-state index contributed by atoms with van der Waals surface area (Å²) in [5, 5.41) is 6.50. The van der Waals surface area contributed by atoms with Crippen molar-refractivity contribution in [2.24, 2.45) is 11.7 Å². The lowest BCUT2D eigenvalue weighted by Crippen LogP contribution is -2.19. The molecule has 0 saturated carbocycles. The highest BCUT2D eigenvalue weighted by Crippen LogP contribution is 2.09. The van der Waals surface area contributed by atoms with E-state index in [1.54, 1.807) is 6.33 Å². The third-order valence-electron chi connectivity index (χ3n) is 2.26. The zero-order valence-corrected chi connectivity index (χ0v) is 10.9. The van der Waals surface area contributed by atoms with Crippen molar-refractivity contribution in [1.29, 1.82) is 0 Å². The molecule has 5 nitrogen and oxygen atoms in total. The van der Waals surface area contributed by atoms with Crippen LogP contribution in [0.3, 0.4) is 0 Å². The summed E-state index contributed by atoms with van der Waals surface area (Å²) in [6.07, 6.45) is 2.50. The van der Waals surface area contributed by atoms with Gasteiger partial charge < -0.3 is 16.4 Å². The molecule has 1 aromatic rings. The molecule has 96 valence electrons. The summed E-state index contributed by atoms with van der Waals surface area (Å²) in [4.78, 5) is 8.33. The van der Waals surface area contributed by atoms with Gasteiger partial charge >= 0.3 is 0 Å². The van der Waals surface area contributed by atoms with Gasteiger partial charge in [0, 0.05) is 25.2 Å². The van der Waals surface area contributed by atoms with Crippen LogP contribution in [0.5, 0.6) is 0 Å². The van der Waals surface area contributed by atoms with Crippen LogP contribution in [-0.2, 0) is 0 Å². The highest BCUT2D eigenvalue weighted by molar-refractivity contribution is 5.46. The molecule has 0 aliphatic heterocycles. The van der Waals surface area contributed by atoms with Gasteiger partial charge in [0.2, 0.25) is 0 Å². The van der Waals surface area contributed by atoms with E-state index in [4.69, 9.17) is 5.73 Å². The number of aromatic nitrogens is 2. The Balaban J connectivity index is 2.42. The van der Waals surface area contributed by atoms with Gasteiger partial charge in [-0.25, -0.2) is 9.97 Å². The SMILES string of the molecule is CC(C)CNc1cc(NCCC(C)N)ncn1. The Morgan fingerprint density at radius 3 is 2.41 bits per heavy atom. The van der Waals surface area contributed by atoms with Crippen molar-refractivity contribution in [1.82, 2.24) is 9.97 Å². The van der Waals surface area contributed by atoms with E-state index in [0.717, 1.165) is 31.1 Å². The predicted molar refractivity (Wildman–Crippen MR) is 72.1 cm³/mol. The molecule has 1 rings (SSSR count). The van der Waals surface area contributed by atoms with Crippen LogP contribution >= 0.6 is 0 Å². The van der Waals surface area contributed by atoms with E-state index >= 15 is 0 Å². The van der Waals surface area contributed by atoms with Crippen LogP contribution in [-0.4, -0.2) is 29.1 Å². The first-order valence-electron chi connectivity index (χ1n) is 6.13. The van der Waals surface area contributed by atoms with Crippen molar-refractivity contribution >= 4 is 11.6 Å².